The number of rotatable bonds is 12. The minimum absolute atomic E-state index is 0.0580. The molecule has 1 aromatic heterocycles. The number of benzene rings is 1. The highest BCUT2D eigenvalue weighted by atomic mass is 32.2. The number of amides is 1. The van der Waals surface area contributed by atoms with Crippen LogP contribution in [0.5, 0.6) is 0 Å². The maximum absolute atomic E-state index is 12.8. The lowest BCUT2D eigenvalue weighted by Gasteiger charge is -2.17. The molecule has 0 radical (unpaired) electrons. The maximum Gasteiger partial charge on any atom is 0.333 e. The van der Waals surface area contributed by atoms with E-state index in [4.69, 9.17) is 4.74 Å². The van der Waals surface area contributed by atoms with Crippen molar-refractivity contribution in [1.29, 1.82) is 0 Å². The van der Waals surface area contributed by atoms with Gasteiger partial charge in [-0.1, -0.05) is 18.2 Å². The van der Waals surface area contributed by atoms with Crippen molar-refractivity contribution in [1.82, 2.24) is 5.32 Å². The zero-order valence-electron chi connectivity index (χ0n) is 18.9. The molecule has 2 rings (SSSR count). The number of aliphatic carboxylic acids is 1. The third kappa shape index (κ3) is 8.23. The molecule has 0 aliphatic carbocycles. The number of carbonyl (C=O) groups excluding carboxylic acids is 1. The van der Waals surface area contributed by atoms with Crippen molar-refractivity contribution in [3.05, 3.63) is 67.2 Å². The van der Waals surface area contributed by atoms with Gasteiger partial charge in [0.1, 0.15) is 5.69 Å². The first kappa shape index (κ1) is 26.4. The highest BCUT2D eigenvalue weighted by molar-refractivity contribution is 8.03. The summed E-state index contributed by atoms with van der Waals surface area (Å²) >= 11 is 2.83. The number of nitroso groups, excluding NO2 is 1. The first-order chi connectivity index (χ1) is 15.7. The van der Waals surface area contributed by atoms with E-state index < -0.39 is 12.1 Å². The number of hydrogen-bond donors (Lipinski definition) is 2. The first-order valence-electron chi connectivity index (χ1n) is 10.2. The molecule has 2 N–H and O–H groups in total. The van der Waals surface area contributed by atoms with Gasteiger partial charge in [0.2, 0.25) is 0 Å². The summed E-state index contributed by atoms with van der Waals surface area (Å²) in [6.07, 6.45) is 2.36. The molecule has 176 valence electrons. The van der Waals surface area contributed by atoms with Crippen molar-refractivity contribution in [3.8, 4) is 0 Å². The van der Waals surface area contributed by atoms with Crippen LogP contribution in [-0.2, 0) is 27.3 Å². The van der Waals surface area contributed by atoms with E-state index in [9.17, 15) is 19.6 Å². The van der Waals surface area contributed by atoms with E-state index in [-0.39, 0.29) is 30.7 Å². The molecular weight excluding hydrogens is 462 g/mol. The minimum Gasteiger partial charge on any atom is -0.479 e. The van der Waals surface area contributed by atoms with Crippen molar-refractivity contribution >= 4 is 46.9 Å². The molecule has 0 aliphatic heterocycles. The van der Waals surface area contributed by atoms with Gasteiger partial charge in [0.25, 0.3) is 5.91 Å². The van der Waals surface area contributed by atoms with Gasteiger partial charge in [0.15, 0.2) is 6.10 Å². The second kappa shape index (κ2) is 13.0. The monoisotopic (exact) mass is 489 g/mol. The fraction of sp³-hybridized carbons (Fsp3) is 0.348. The van der Waals surface area contributed by atoms with Crippen molar-refractivity contribution in [3.63, 3.8) is 0 Å². The van der Waals surface area contributed by atoms with Gasteiger partial charge in [0.05, 0.1) is 16.7 Å². The van der Waals surface area contributed by atoms with Crippen molar-refractivity contribution in [2.24, 2.45) is 10.2 Å². The topological polar surface area (TPSA) is 117 Å². The third-order valence-corrected chi connectivity index (χ3v) is 6.18. The average Bonchev–Trinajstić information content (AvgIpc) is 3.29. The summed E-state index contributed by atoms with van der Waals surface area (Å²) in [6, 6.07) is 8.68. The number of carboxylic acids is 1. The number of hydrogen-bond acceptors (Lipinski definition) is 8. The molecule has 0 spiro atoms. The van der Waals surface area contributed by atoms with Gasteiger partial charge < -0.3 is 15.2 Å². The fourth-order valence-electron chi connectivity index (χ4n) is 2.98. The molecule has 0 bridgehead atoms. The summed E-state index contributed by atoms with van der Waals surface area (Å²) in [5, 5.41) is 17.2. The second-order valence-electron chi connectivity index (χ2n) is 7.35. The summed E-state index contributed by atoms with van der Waals surface area (Å²) in [4.78, 5) is 41.3. The molecule has 10 heteroatoms. The van der Waals surface area contributed by atoms with E-state index in [0.717, 1.165) is 4.88 Å². The normalized spacial score (nSPS) is 13.1. The average molecular weight is 490 g/mol. The molecule has 0 saturated heterocycles. The summed E-state index contributed by atoms with van der Waals surface area (Å²) in [5.41, 5.74) is 1.91. The van der Waals surface area contributed by atoms with Gasteiger partial charge in [-0.2, -0.15) is 0 Å². The Kier molecular flexibility index (Phi) is 10.4. The summed E-state index contributed by atoms with van der Waals surface area (Å²) in [7, 11) is 0. The van der Waals surface area contributed by atoms with Crippen LogP contribution in [0.3, 0.4) is 0 Å². The smallest absolute Gasteiger partial charge is 0.333 e. The number of aliphatic imine (C=N–C) groups is 1. The van der Waals surface area contributed by atoms with Crippen molar-refractivity contribution in [2.75, 3.05) is 6.26 Å². The Morgan fingerprint density at radius 3 is 2.64 bits per heavy atom. The number of thioether (sulfide) groups is 1. The Bertz CT molecular complexity index is 1030. The Balaban J connectivity index is 2.15. The van der Waals surface area contributed by atoms with Gasteiger partial charge in [-0.15, -0.1) is 28.0 Å². The van der Waals surface area contributed by atoms with Crippen LogP contribution in [0.2, 0.25) is 0 Å². The summed E-state index contributed by atoms with van der Waals surface area (Å²) in [5.74, 6) is -1.39. The van der Waals surface area contributed by atoms with E-state index in [2.05, 4.69) is 15.5 Å². The lowest BCUT2D eigenvalue weighted by Crippen LogP contribution is -2.29. The van der Waals surface area contributed by atoms with Gasteiger partial charge in [-0.05, 0) is 55.3 Å². The van der Waals surface area contributed by atoms with Crippen molar-refractivity contribution in [2.45, 2.75) is 45.9 Å². The van der Waals surface area contributed by atoms with Gasteiger partial charge in [-0.3, -0.25) is 9.79 Å². The number of nitrogens with one attached hydrogen (secondary N) is 1. The Morgan fingerprint density at radius 1 is 1.30 bits per heavy atom. The molecule has 8 nitrogen and oxygen atoms in total. The van der Waals surface area contributed by atoms with Crippen LogP contribution < -0.4 is 5.32 Å². The highest BCUT2D eigenvalue weighted by Crippen LogP contribution is 2.23. The van der Waals surface area contributed by atoms with Crippen LogP contribution in [0.4, 0.5) is 5.69 Å². The molecule has 0 fully saturated rings. The molecule has 0 aliphatic rings. The largest absolute Gasteiger partial charge is 0.479 e. The lowest BCUT2D eigenvalue weighted by atomic mass is 10.0. The number of thiophene rings is 1. The zero-order valence-corrected chi connectivity index (χ0v) is 20.5. The number of ether oxygens (including phenoxy) is 1. The number of carboxylic acid groups (broad SMARTS) is 1. The fourth-order valence-corrected chi connectivity index (χ4v) is 4.17. The highest BCUT2D eigenvalue weighted by Gasteiger charge is 2.21. The SMILES string of the molecule is CS/C(C(=O)NCc1cc(CC(OC(C)C)C(=O)O)ccc1N=O)=C(/C)N=Cc1cccs1. The summed E-state index contributed by atoms with van der Waals surface area (Å²) < 4.78 is 5.46. The van der Waals surface area contributed by atoms with E-state index in [1.807, 2.05) is 17.5 Å². The van der Waals surface area contributed by atoms with Crippen LogP contribution in [0.1, 0.15) is 36.8 Å². The van der Waals surface area contributed by atoms with Crippen LogP contribution in [0, 0.1) is 4.91 Å². The molecule has 1 unspecified atom stereocenters. The van der Waals surface area contributed by atoms with Crippen molar-refractivity contribution < 1.29 is 19.4 Å². The number of carbonyl (C=O) groups is 2. The Hall–Kier alpha value is -2.82. The third-order valence-electron chi connectivity index (χ3n) is 4.48. The molecule has 1 amide bonds. The zero-order chi connectivity index (χ0) is 24.4. The molecule has 1 aromatic carbocycles. The van der Waals surface area contributed by atoms with Gasteiger partial charge >= 0.3 is 5.97 Å². The lowest BCUT2D eigenvalue weighted by molar-refractivity contribution is -0.153. The van der Waals surface area contributed by atoms with Crippen LogP contribution >= 0.6 is 23.1 Å². The predicted molar refractivity (Wildman–Crippen MR) is 133 cm³/mol. The Morgan fingerprint density at radius 2 is 2.06 bits per heavy atom. The molecule has 2 aromatic rings. The van der Waals surface area contributed by atoms with E-state index in [0.29, 0.717) is 21.7 Å². The van der Waals surface area contributed by atoms with E-state index in [1.54, 1.807) is 56.7 Å². The van der Waals surface area contributed by atoms with E-state index >= 15 is 0 Å². The van der Waals surface area contributed by atoms with Crippen LogP contribution in [0.15, 0.2) is 56.5 Å². The minimum atomic E-state index is -1.07. The van der Waals surface area contributed by atoms with Crippen LogP contribution in [0.25, 0.3) is 0 Å². The second-order valence-corrected chi connectivity index (χ2v) is 9.14. The number of allylic oxidation sites excluding steroid dienone is 1. The molecule has 1 heterocycles. The first-order valence-corrected chi connectivity index (χ1v) is 12.3. The maximum atomic E-state index is 12.8. The molecule has 1 atom stereocenters. The predicted octanol–water partition coefficient (Wildman–Crippen LogP) is 4.90. The number of nitrogens with zero attached hydrogens (tertiary/aromatic N) is 2. The van der Waals surface area contributed by atoms with Gasteiger partial charge in [0, 0.05) is 29.6 Å². The van der Waals surface area contributed by atoms with Crippen LogP contribution in [-0.4, -0.2) is 41.7 Å². The molecular formula is C23H27N3O5S2. The van der Waals surface area contributed by atoms with Gasteiger partial charge in [-0.25, -0.2) is 4.79 Å². The molecule has 0 saturated carbocycles. The molecule has 33 heavy (non-hydrogen) atoms. The standard InChI is InChI=1S/C23H27N3O5S2/c1-14(2)31-20(23(28)29)11-16-7-8-19(26-30)17(10-16)12-25-22(27)21(32-4)15(3)24-13-18-6-5-9-33-18/h5-10,13-14,20H,11-12H2,1-4H3,(H,25,27)(H,28,29)/b21-15-,24-13?. The quantitative estimate of drug-likeness (QED) is 0.249. The Labute approximate surface area is 201 Å². The summed E-state index contributed by atoms with van der Waals surface area (Å²) in [6.45, 7) is 5.34. The van der Waals surface area contributed by atoms with E-state index in [1.165, 1.54) is 17.8 Å².